The van der Waals surface area contributed by atoms with Crippen LogP contribution in [0.2, 0.25) is 0 Å². The van der Waals surface area contributed by atoms with Crippen LogP contribution < -0.4 is 0 Å². The number of hydrogen-bond acceptors (Lipinski definition) is 4. The average Bonchev–Trinajstić information content (AvgIpc) is 2.13. The lowest BCUT2D eigenvalue weighted by atomic mass is 10.1. The van der Waals surface area contributed by atoms with Crippen molar-refractivity contribution in [3.8, 4) is 0 Å². The van der Waals surface area contributed by atoms with Crippen molar-refractivity contribution >= 4 is 11.8 Å². The van der Waals surface area contributed by atoms with Gasteiger partial charge in [0.2, 0.25) is 0 Å². The summed E-state index contributed by atoms with van der Waals surface area (Å²) in [5.41, 5.74) is 0. The molecule has 0 saturated carbocycles. The smallest absolute Gasteiger partial charge is 0.316 e. The van der Waals surface area contributed by atoms with Crippen molar-refractivity contribution in [2.24, 2.45) is 5.92 Å². The third kappa shape index (κ3) is 4.62. The molecule has 0 aromatic heterocycles. The zero-order valence-corrected chi connectivity index (χ0v) is 8.33. The molecular weight excluding hydrogens is 172 g/mol. The fourth-order valence-corrected chi connectivity index (χ4v) is 0.726. The summed E-state index contributed by atoms with van der Waals surface area (Å²) in [6, 6.07) is 0. The Bertz CT molecular complexity index is 176. The molecule has 0 radical (unpaired) electrons. The number of ether oxygens (including phenoxy) is 2. The number of Topliss-reactive ketones (excluding diaryl/α,β-unsaturated/α-hetero) is 1. The molecule has 0 aliphatic heterocycles. The first-order valence-corrected chi connectivity index (χ1v) is 4.40. The maximum Gasteiger partial charge on any atom is 0.316 e. The second kappa shape index (κ2) is 6.60. The van der Waals surface area contributed by atoms with E-state index in [-0.39, 0.29) is 12.4 Å². The van der Waals surface area contributed by atoms with E-state index in [9.17, 15) is 9.59 Å². The van der Waals surface area contributed by atoms with Crippen molar-refractivity contribution in [2.45, 2.75) is 20.8 Å². The molecule has 76 valence electrons. The highest BCUT2D eigenvalue weighted by Gasteiger charge is 2.21. The Morgan fingerprint density at radius 2 is 1.85 bits per heavy atom. The van der Waals surface area contributed by atoms with Crippen molar-refractivity contribution in [1.29, 1.82) is 0 Å². The molecule has 4 heteroatoms. The SMILES string of the molecule is CCOCC(=O)[C@H](C)C(=O)OCC. The highest BCUT2D eigenvalue weighted by atomic mass is 16.5. The van der Waals surface area contributed by atoms with Crippen molar-refractivity contribution in [3.05, 3.63) is 0 Å². The van der Waals surface area contributed by atoms with E-state index < -0.39 is 11.9 Å². The van der Waals surface area contributed by atoms with E-state index in [0.717, 1.165) is 0 Å². The van der Waals surface area contributed by atoms with Crippen LogP contribution >= 0.6 is 0 Å². The third-order valence-corrected chi connectivity index (χ3v) is 1.57. The lowest BCUT2D eigenvalue weighted by Crippen LogP contribution is -2.26. The Morgan fingerprint density at radius 3 is 2.31 bits per heavy atom. The van der Waals surface area contributed by atoms with Crippen LogP contribution in [0.4, 0.5) is 0 Å². The molecule has 4 nitrogen and oxygen atoms in total. The summed E-state index contributed by atoms with van der Waals surface area (Å²) in [6.45, 7) is 5.78. The molecule has 0 aliphatic carbocycles. The molecule has 0 rings (SSSR count). The number of hydrogen-bond donors (Lipinski definition) is 0. The summed E-state index contributed by atoms with van der Waals surface area (Å²) >= 11 is 0. The van der Waals surface area contributed by atoms with Crippen molar-refractivity contribution < 1.29 is 19.1 Å². The number of rotatable bonds is 6. The predicted molar refractivity (Wildman–Crippen MR) is 47.3 cm³/mol. The van der Waals surface area contributed by atoms with E-state index in [1.807, 2.05) is 0 Å². The van der Waals surface area contributed by atoms with Crippen LogP contribution in [-0.4, -0.2) is 31.6 Å². The van der Waals surface area contributed by atoms with Crippen molar-refractivity contribution in [3.63, 3.8) is 0 Å². The van der Waals surface area contributed by atoms with Gasteiger partial charge in [0.05, 0.1) is 6.61 Å². The van der Waals surface area contributed by atoms with Gasteiger partial charge in [-0.1, -0.05) is 0 Å². The predicted octanol–water partition coefficient (Wildman–Crippen LogP) is 0.791. The topological polar surface area (TPSA) is 52.6 Å². The monoisotopic (exact) mass is 188 g/mol. The molecule has 0 aliphatic rings. The molecule has 0 heterocycles. The Morgan fingerprint density at radius 1 is 1.23 bits per heavy atom. The van der Waals surface area contributed by atoms with Crippen LogP contribution in [0, 0.1) is 5.92 Å². The molecule has 1 atom stereocenters. The second-order valence-corrected chi connectivity index (χ2v) is 2.58. The number of esters is 1. The average molecular weight is 188 g/mol. The lowest BCUT2D eigenvalue weighted by Gasteiger charge is -2.08. The van der Waals surface area contributed by atoms with Crippen LogP contribution in [0.3, 0.4) is 0 Å². The largest absolute Gasteiger partial charge is 0.465 e. The Balaban J connectivity index is 3.87. The molecular formula is C9H16O4. The highest BCUT2D eigenvalue weighted by molar-refractivity contribution is 5.99. The first-order chi connectivity index (χ1) is 6.13. The maximum atomic E-state index is 11.2. The lowest BCUT2D eigenvalue weighted by molar-refractivity contribution is -0.151. The first-order valence-electron chi connectivity index (χ1n) is 4.40. The molecule has 0 amide bonds. The molecule has 0 unspecified atom stereocenters. The van der Waals surface area contributed by atoms with Gasteiger partial charge in [0.1, 0.15) is 12.5 Å². The van der Waals surface area contributed by atoms with Gasteiger partial charge in [-0.05, 0) is 20.8 Å². The summed E-state index contributed by atoms with van der Waals surface area (Å²) in [7, 11) is 0. The Labute approximate surface area is 78.2 Å². The van der Waals surface area contributed by atoms with E-state index in [1.54, 1.807) is 13.8 Å². The molecule has 13 heavy (non-hydrogen) atoms. The van der Waals surface area contributed by atoms with Gasteiger partial charge >= 0.3 is 5.97 Å². The van der Waals surface area contributed by atoms with Gasteiger partial charge in [-0.25, -0.2) is 0 Å². The quantitative estimate of drug-likeness (QED) is 0.457. The molecule has 0 saturated heterocycles. The van der Waals surface area contributed by atoms with E-state index in [2.05, 4.69) is 4.74 Å². The first kappa shape index (κ1) is 12.1. The van der Waals surface area contributed by atoms with Gasteiger partial charge in [-0.2, -0.15) is 0 Å². The van der Waals surface area contributed by atoms with E-state index >= 15 is 0 Å². The number of carbonyl (C=O) groups is 2. The summed E-state index contributed by atoms with van der Waals surface area (Å²) in [5.74, 6) is -1.43. The second-order valence-electron chi connectivity index (χ2n) is 2.58. The van der Waals surface area contributed by atoms with Crippen molar-refractivity contribution in [2.75, 3.05) is 19.8 Å². The van der Waals surface area contributed by atoms with E-state index in [0.29, 0.717) is 13.2 Å². The normalized spacial score (nSPS) is 12.2. The van der Waals surface area contributed by atoms with Gasteiger partial charge in [0.15, 0.2) is 5.78 Å². The molecule has 0 bridgehead atoms. The highest BCUT2D eigenvalue weighted by Crippen LogP contribution is 2.00. The van der Waals surface area contributed by atoms with E-state index in [1.165, 1.54) is 6.92 Å². The number of carbonyl (C=O) groups excluding carboxylic acids is 2. The van der Waals surface area contributed by atoms with E-state index in [4.69, 9.17) is 4.74 Å². The van der Waals surface area contributed by atoms with Gasteiger partial charge in [0.25, 0.3) is 0 Å². The standard InChI is InChI=1S/C9H16O4/c1-4-12-6-8(10)7(3)9(11)13-5-2/h7H,4-6H2,1-3H3/t7-/m0/s1. The minimum absolute atomic E-state index is 0.0174. The molecule has 0 N–H and O–H groups in total. The van der Waals surface area contributed by atoms with Crippen LogP contribution in [-0.2, 0) is 19.1 Å². The van der Waals surface area contributed by atoms with Crippen LogP contribution in [0.25, 0.3) is 0 Å². The van der Waals surface area contributed by atoms with Gasteiger partial charge in [-0.15, -0.1) is 0 Å². The molecule has 0 aromatic carbocycles. The summed E-state index contributed by atoms with van der Waals surface area (Å²) in [6.07, 6.45) is 0. The Hall–Kier alpha value is -0.900. The van der Waals surface area contributed by atoms with Crippen molar-refractivity contribution in [1.82, 2.24) is 0 Å². The zero-order chi connectivity index (χ0) is 10.3. The Kier molecular flexibility index (Phi) is 6.14. The summed E-state index contributed by atoms with van der Waals surface area (Å²) in [5, 5.41) is 0. The minimum atomic E-state index is -0.716. The molecule has 0 aromatic rings. The van der Waals surface area contributed by atoms with Crippen LogP contribution in [0.15, 0.2) is 0 Å². The van der Waals surface area contributed by atoms with Gasteiger partial charge in [-0.3, -0.25) is 9.59 Å². The van der Waals surface area contributed by atoms with Gasteiger partial charge < -0.3 is 9.47 Å². The maximum absolute atomic E-state index is 11.2. The van der Waals surface area contributed by atoms with Crippen LogP contribution in [0.1, 0.15) is 20.8 Å². The zero-order valence-electron chi connectivity index (χ0n) is 8.33. The fourth-order valence-electron chi connectivity index (χ4n) is 0.726. The molecule has 0 fully saturated rings. The fraction of sp³-hybridized carbons (Fsp3) is 0.778. The van der Waals surface area contributed by atoms with Gasteiger partial charge in [0, 0.05) is 6.61 Å². The summed E-state index contributed by atoms with van der Waals surface area (Å²) in [4.78, 5) is 22.2. The number of ketones is 1. The summed E-state index contributed by atoms with van der Waals surface area (Å²) < 4.78 is 9.58. The van der Waals surface area contributed by atoms with Crippen LogP contribution in [0.5, 0.6) is 0 Å². The third-order valence-electron chi connectivity index (χ3n) is 1.57. The molecule has 0 spiro atoms. The minimum Gasteiger partial charge on any atom is -0.465 e.